The number of hydrogen-bond donors (Lipinski definition) is 10. The number of rotatable bonds is 18. The van der Waals surface area contributed by atoms with Gasteiger partial charge in [-0.1, -0.05) is 33.8 Å². The van der Waals surface area contributed by atoms with Crippen molar-refractivity contribution in [3.8, 4) is 22.5 Å². The maximum absolute atomic E-state index is 10.7. The number of hydrogen-bond acceptors (Lipinski definition) is 43. The molecule has 47 nitrogen and oxygen atoms in total. The van der Waals surface area contributed by atoms with Gasteiger partial charge in [0, 0.05) is 127 Å². The van der Waals surface area contributed by atoms with Crippen LogP contribution in [0.3, 0.4) is 0 Å². The molecule has 0 saturated heterocycles. The van der Waals surface area contributed by atoms with Crippen LogP contribution in [-0.2, 0) is 89.1 Å². The standard InChI is InChI=1S/C19H17N9O.C18H16N10O.C12H12IN7.C8H12N2O3S.C8H8N2O.C7H10N2O.C5H4IN5.CH2O3.2ClH.2K.H/c1-2-14-22-6-10(7-23-14)8-28-18-15(17(20)24-9-25-18)16(27-28)11-3-4-13-12(5-11)26-19(21)29-13;19-4-13-22-5-9(6-23-13)7-28-17-14(16(20)24-8-25-17)15(27-28)10-1-2-12-11(3-10)26-18(21)29-12;1-2-8-15-3-7(4-16-8)5-20-12-9(10(13)19-20)11(14)17-6-18-12;1-3-8-9-4-7(5-10-8)6-13-14(2,11)12;1-5-2-3-7-6(4-5)10-8(9)11-7;1-2-7-8-3-6(5-10)4-9-7;6-3-2-4(7)8-1-9-5(2)11-10-3;2-1-4-3;;;;;/h3-7,9H,2,8H2,1H3,(H2,21,26)(H2,20,24,25);1-3,5-6,8H,4,7,19H2,(H2,21,26)(H2,20,24,25);3-4,6H,2,5H2,1H3,(H2,14,17,18);4-5H,3,6H2,1-2H3;2-4H,1H3,(H2,9,10);3-4,10H,2,5H2,1H3;1H,(H3,7,8,9,10,11);1,3H;2*1H;;;/q;;;;;;;;;;2*+1;-1/p-1. The second kappa shape index (κ2) is 50.6. The summed E-state index contributed by atoms with van der Waals surface area (Å²) in [4.78, 5) is 98.4. The van der Waals surface area contributed by atoms with Crippen LogP contribution in [0, 0.1) is 14.3 Å². The molecule has 0 radical (unpaired) electrons. The van der Waals surface area contributed by atoms with E-state index in [9.17, 15) is 8.42 Å². The number of carbonyl (C=O) groups excluding carboxylic acids is 1. The molecule has 0 amide bonds. The van der Waals surface area contributed by atoms with Crippen LogP contribution in [0.5, 0.6) is 0 Å². The van der Waals surface area contributed by atoms with Crippen molar-refractivity contribution in [1.82, 2.24) is 144 Å². The van der Waals surface area contributed by atoms with Gasteiger partial charge in [-0.05, 0) is 106 Å². The third-order valence-electron chi connectivity index (χ3n) is 17.8. The number of aliphatic hydroxyl groups is 1. The third-order valence-corrected chi connectivity index (χ3v) is 19.9. The number of fused-ring (bicyclic) bond motifs is 7. The monoisotopic (exact) mass is 2130 g/mol. The van der Waals surface area contributed by atoms with Gasteiger partial charge < -0.3 is 75.8 Å². The van der Waals surface area contributed by atoms with Gasteiger partial charge in [-0.3, -0.25) is 14.1 Å². The van der Waals surface area contributed by atoms with Crippen molar-refractivity contribution in [2.45, 2.75) is 99.7 Å². The van der Waals surface area contributed by atoms with Gasteiger partial charge in [-0.25, -0.2) is 104 Å². The number of carbonyl (C=O) groups is 1. The zero-order valence-electron chi connectivity index (χ0n) is 72.7. The molecular formula is C78H83Cl2I2K2N37O10S. The first-order chi connectivity index (χ1) is 61.8. The van der Waals surface area contributed by atoms with Crippen LogP contribution in [0.4, 0.5) is 41.3 Å². The number of H-pyrrole nitrogens is 1. The number of aromatic nitrogens is 29. The van der Waals surface area contributed by atoms with Crippen molar-refractivity contribution in [2.75, 3.05) is 46.4 Å². The molecule has 0 unspecified atom stereocenters. The molecule has 0 aliphatic carbocycles. The Labute approximate surface area is 875 Å². The van der Waals surface area contributed by atoms with E-state index in [-0.39, 0.29) is 173 Å². The van der Waals surface area contributed by atoms with Crippen molar-refractivity contribution < 1.29 is 150 Å². The number of nitrogens with one attached hydrogen (secondary N) is 1. The number of aromatic amines is 1. The summed E-state index contributed by atoms with van der Waals surface area (Å²) in [5, 5.41) is 40.6. The van der Waals surface area contributed by atoms with E-state index in [1.54, 1.807) is 75.8 Å². The Morgan fingerprint density at radius 1 is 0.477 bits per heavy atom. The summed E-state index contributed by atoms with van der Waals surface area (Å²) in [6.45, 7) is 11.5. The minimum absolute atomic E-state index is 0. The third kappa shape index (κ3) is 28.2. The fourth-order valence-electron chi connectivity index (χ4n) is 11.7. The molecule has 16 aromatic heterocycles. The van der Waals surface area contributed by atoms with Gasteiger partial charge in [0.15, 0.2) is 39.3 Å². The minimum Gasteiger partial charge on any atom is -1.00 e. The number of halogens is 4. The van der Waals surface area contributed by atoms with Gasteiger partial charge in [0.2, 0.25) is 0 Å². The van der Waals surface area contributed by atoms with E-state index in [1.807, 2.05) is 89.5 Å². The van der Waals surface area contributed by atoms with Crippen molar-refractivity contribution in [3.63, 3.8) is 0 Å². The van der Waals surface area contributed by atoms with E-state index in [4.69, 9.17) is 84.5 Å². The SMILES string of the molecule is CCc1ncc(CO)cn1.CCc1ncc(COS(C)(=O)=O)cn1.CCc1ncc(Cn2nc(-c3ccc4oc(N)nc4c3)c3c(N)ncnc32)cn1.CCc1ncc(Cn2nc(I)c3c(N)ncnc32)cn1.Cc1ccc2oc(N)nc2c1.Cl.Cl.NCc1ncc(Cn2nc(-c3ccc4oc(N)nc4c3)c3c(N)ncnc32)cn1.Nc1ncnc2n[nH]c(I)c12.O=CO[O-].[H-].[K+].[K+]. The summed E-state index contributed by atoms with van der Waals surface area (Å²) in [5.41, 5.74) is 60.8. The van der Waals surface area contributed by atoms with Crippen LogP contribution >= 0.6 is 70.0 Å². The molecular weight excluding hydrogens is 2050 g/mol. The Hall–Kier alpha value is -11.2. The van der Waals surface area contributed by atoms with E-state index >= 15 is 0 Å². The number of aliphatic hydroxyl groups excluding tert-OH is 1. The molecule has 18 N–H and O–H groups in total. The number of aryl methyl sites for hydroxylation is 5. The number of nitrogens with two attached hydrogens (primary N) is 8. The zero-order valence-corrected chi connectivity index (χ0v) is 84.7. The number of oxazole rings is 3. The molecule has 19 rings (SSSR count). The molecule has 54 heteroatoms. The quantitative estimate of drug-likeness (QED) is 0.0145. The number of anilines is 7. The van der Waals surface area contributed by atoms with Crippen LogP contribution in [-0.4, -0.2) is 170 Å². The summed E-state index contributed by atoms with van der Waals surface area (Å²) >= 11 is 4.24. The second-order valence-electron chi connectivity index (χ2n) is 26.8. The molecule has 0 atom stereocenters. The van der Waals surface area contributed by atoms with Crippen LogP contribution in [0.1, 0.15) is 91.6 Å². The maximum atomic E-state index is 10.7. The normalized spacial score (nSPS) is 10.6. The van der Waals surface area contributed by atoms with Gasteiger partial charge in [0.1, 0.15) is 113 Å². The molecule has 16 heterocycles. The predicted octanol–water partition coefficient (Wildman–Crippen LogP) is 1.41. The fourth-order valence-corrected chi connectivity index (χ4v) is 13.5. The average molecular weight is 2130 g/mol. The van der Waals surface area contributed by atoms with Gasteiger partial charge in [0.05, 0.1) is 67.2 Å². The van der Waals surface area contributed by atoms with Crippen LogP contribution in [0.15, 0.2) is 155 Å². The zero-order chi connectivity index (χ0) is 91.1. The molecule has 0 fully saturated rings. The van der Waals surface area contributed by atoms with Crippen LogP contribution in [0.2, 0.25) is 0 Å². The average Bonchev–Trinajstić information content (AvgIpc) is 1.62. The number of benzene rings is 3. The molecule has 3 aromatic carbocycles. The Bertz CT molecular complexity index is 6890. The predicted molar refractivity (Wildman–Crippen MR) is 500 cm³/mol. The second-order valence-corrected chi connectivity index (χ2v) is 30.5. The minimum atomic E-state index is -3.39. The summed E-state index contributed by atoms with van der Waals surface area (Å²) < 4.78 is 48.7. The van der Waals surface area contributed by atoms with Crippen molar-refractivity contribution in [3.05, 3.63) is 212 Å². The molecule has 0 saturated carbocycles. The van der Waals surface area contributed by atoms with E-state index in [1.165, 1.54) is 25.3 Å². The summed E-state index contributed by atoms with van der Waals surface area (Å²) in [7, 11) is -3.39. The molecule has 0 aliphatic rings. The molecule has 132 heavy (non-hydrogen) atoms. The first-order valence-corrected chi connectivity index (χ1v) is 42.2. The van der Waals surface area contributed by atoms with E-state index < -0.39 is 10.1 Å². The number of nitrogen functional groups attached to an aromatic ring is 7. The van der Waals surface area contributed by atoms with Gasteiger partial charge in [-0.2, -0.15) is 43.8 Å². The molecule has 0 bridgehead atoms. The summed E-state index contributed by atoms with van der Waals surface area (Å²) in [6.07, 6.45) is 27.0. The van der Waals surface area contributed by atoms with Gasteiger partial charge in [0.25, 0.3) is 34.6 Å². The first kappa shape index (κ1) is 106. The Morgan fingerprint density at radius 3 is 1.19 bits per heavy atom. The Morgan fingerprint density at radius 2 is 0.818 bits per heavy atom. The van der Waals surface area contributed by atoms with Crippen LogP contribution in [0.25, 0.3) is 99.9 Å². The van der Waals surface area contributed by atoms with Gasteiger partial charge >= 0.3 is 103 Å². The van der Waals surface area contributed by atoms with Gasteiger partial charge in [-0.15, -0.1) is 24.8 Å². The van der Waals surface area contributed by atoms with Crippen molar-refractivity contribution >= 4 is 205 Å². The molecule has 676 valence electrons. The smallest absolute Gasteiger partial charge is 1.00 e. The Balaban J connectivity index is 0.000000217. The molecule has 0 aliphatic heterocycles. The fraction of sp³-hybridized carbons (Fsp3) is 0.205. The van der Waals surface area contributed by atoms with Crippen molar-refractivity contribution in [1.29, 1.82) is 0 Å². The summed E-state index contributed by atoms with van der Waals surface area (Å²) in [5.74, 6) is 5.36. The largest absolute Gasteiger partial charge is 1.00 e. The first-order valence-electron chi connectivity index (χ1n) is 38.2. The molecule has 19 aromatic rings. The van der Waals surface area contributed by atoms with E-state index in [2.05, 4.69) is 174 Å². The topological polar surface area (TPSA) is 713 Å². The number of nitrogens with zero attached hydrogens (tertiary/aromatic N) is 28. The summed E-state index contributed by atoms with van der Waals surface area (Å²) in [6, 6.07) is 17.3. The van der Waals surface area contributed by atoms with E-state index in [0.717, 1.165) is 129 Å². The maximum Gasteiger partial charge on any atom is 1.00 e. The van der Waals surface area contributed by atoms with E-state index in [0.29, 0.717) is 116 Å². The molecule has 0 spiro atoms. The van der Waals surface area contributed by atoms with Crippen LogP contribution < -0.4 is 154 Å². The van der Waals surface area contributed by atoms with Crippen molar-refractivity contribution in [2.24, 2.45) is 5.73 Å². The Kier molecular flexibility index (Phi) is 40.7.